The summed E-state index contributed by atoms with van der Waals surface area (Å²) in [6, 6.07) is 5.99. The first kappa shape index (κ1) is 18.6. The first-order chi connectivity index (χ1) is 12.0. The Bertz CT molecular complexity index is 681. The minimum absolute atomic E-state index is 0.00310. The maximum Gasteiger partial charge on any atom is 0.270 e. The van der Waals surface area contributed by atoms with Crippen LogP contribution in [0.25, 0.3) is 0 Å². The van der Waals surface area contributed by atoms with Crippen LogP contribution in [-0.2, 0) is 9.59 Å². The van der Waals surface area contributed by atoms with Crippen molar-refractivity contribution in [2.45, 2.75) is 39.0 Å². The Hall–Kier alpha value is -2.77. The zero-order chi connectivity index (χ0) is 18.2. The molecule has 1 aliphatic carbocycles. The van der Waals surface area contributed by atoms with E-state index in [2.05, 4.69) is 15.8 Å². The van der Waals surface area contributed by atoms with Crippen LogP contribution in [0, 0.1) is 16.0 Å². The summed E-state index contributed by atoms with van der Waals surface area (Å²) in [7, 11) is 0. The van der Waals surface area contributed by atoms with Gasteiger partial charge in [-0.25, -0.2) is 5.43 Å². The molecular formula is C17H22N4O4. The minimum atomic E-state index is -0.490. The third kappa shape index (κ3) is 5.66. The fourth-order valence-corrected chi connectivity index (χ4v) is 2.77. The normalized spacial score (nSPS) is 15.5. The van der Waals surface area contributed by atoms with Crippen LogP contribution in [0.5, 0.6) is 0 Å². The summed E-state index contributed by atoms with van der Waals surface area (Å²) in [6.45, 7) is 1.50. The van der Waals surface area contributed by atoms with E-state index in [1.807, 2.05) is 0 Å². The maximum atomic E-state index is 12.0. The molecular weight excluding hydrogens is 324 g/mol. The van der Waals surface area contributed by atoms with Gasteiger partial charge in [0.25, 0.3) is 11.6 Å². The quantitative estimate of drug-likeness (QED) is 0.466. The van der Waals surface area contributed by atoms with E-state index < -0.39 is 10.8 Å². The van der Waals surface area contributed by atoms with E-state index in [0.717, 1.165) is 32.1 Å². The van der Waals surface area contributed by atoms with Gasteiger partial charge < -0.3 is 5.32 Å². The van der Waals surface area contributed by atoms with Gasteiger partial charge in [0.1, 0.15) is 0 Å². The molecule has 2 amide bonds. The SMILES string of the molecule is C/C(=N\NC(=O)CNC(=O)C1CCCCC1)c1cccc([N+](=O)[O-])c1. The number of amides is 2. The topological polar surface area (TPSA) is 114 Å². The van der Waals surface area contributed by atoms with Gasteiger partial charge in [0.05, 0.1) is 17.2 Å². The Labute approximate surface area is 145 Å². The zero-order valence-electron chi connectivity index (χ0n) is 14.2. The van der Waals surface area contributed by atoms with Crippen LogP contribution in [0.2, 0.25) is 0 Å². The van der Waals surface area contributed by atoms with Crippen LogP contribution in [-0.4, -0.2) is 29.0 Å². The summed E-state index contributed by atoms with van der Waals surface area (Å²) >= 11 is 0. The van der Waals surface area contributed by atoms with Gasteiger partial charge in [-0.3, -0.25) is 19.7 Å². The van der Waals surface area contributed by atoms with Crippen LogP contribution >= 0.6 is 0 Å². The molecule has 1 aromatic carbocycles. The zero-order valence-corrected chi connectivity index (χ0v) is 14.2. The Morgan fingerprint density at radius 2 is 2.00 bits per heavy atom. The van der Waals surface area contributed by atoms with Gasteiger partial charge >= 0.3 is 0 Å². The van der Waals surface area contributed by atoms with Gasteiger partial charge in [-0.05, 0) is 19.8 Å². The van der Waals surface area contributed by atoms with Gasteiger partial charge in [-0.1, -0.05) is 31.4 Å². The molecule has 0 spiro atoms. The second kappa shape index (κ2) is 8.91. The standard InChI is InChI=1S/C17H22N4O4/c1-12(14-8-5-9-15(10-14)21(24)25)19-20-16(22)11-18-17(23)13-6-3-2-4-7-13/h5,8-10,13H,2-4,6-7,11H2,1H3,(H,18,23)(H,20,22)/b19-12+. The predicted molar refractivity (Wildman–Crippen MR) is 93.0 cm³/mol. The average Bonchev–Trinajstić information content (AvgIpc) is 2.64. The van der Waals surface area contributed by atoms with Crippen molar-refractivity contribution in [3.05, 3.63) is 39.9 Å². The first-order valence-electron chi connectivity index (χ1n) is 8.33. The van der Waals surface area contributed by atoms with E-state index in [-0.39, 0.29) is 24.1 Å². The number of benzene rings is 1. The Morgan fingerprint density at radius 1 is 1.28 bits per heavy atom. The second-order valence-electron chi connectivity index (χ2n) is 6.09. The van der Waals surface area contributed by atoms with E-state index in [9.17, 15) is 19.7 Å². The molecule has 1 fully saturated rings. The molecule has 2 rings (SSSR count). The van der Waals surface area contributed by atoms with E-state index in [0.29, 0.717) is 11.3 Å². The molecule has 134 valence electrons. The van der Waals surface area contributed by atoms with Crippen molar-refractivity contribution in [3.8, 4) is 0 Å². The van der Waals surface area contributed by atoms with Crippen molar-refractivity contribution in [1.29, 1.82) is 0 Å². The largest absolute Gasteiger partial charge is 0.347 e. The number of carbonyl (C=O) groups excluding carboxylic acids is 2. The molecule has 2 N–H and O–H groups in total. The molecule has 1 aromatic rings. The summed E-state index contributed by atoms with van der Waals surface area (Å²) in [5, 5.41) is 17.3. The first-order valence-corrected chi connectivity index (χ1v) is 8.33. The summed E-state index contributed by atoms with van der Waals surface area (Å²) in [5.41, 5.74) is 3.29. The fourth-order valence-electron chi connectivity index (χ4n) is 2.77. The number of hydrazone groups is 1. The highest BCUT2D eigenvalue weighted by Crippen LogP contribution is 2.23. The van der Waals surface area contributed by atoms with Gasteiger partial charge in [0.2, 0.25) is 5.91 Å². The lowest BCUT2D eigenvalue weighted by Gasteiger charge is -2.20. The molecule has 0 aromatic heterocycles. The number of non-ortho nitro benzene ring substituents is 1. The van der Waals surface area contributed by atoms with Crippen LogP contribution < -0.4 is 10.7 Å². The molecule has 0 saturated heterocycles. The van der Waals surface area contributed by atoms with Crippen molar-refractivity contribution < 1.29 is 14.5 Å². The van der Waals surface area contributed by atoms with Crippen molar-refractivity contribution in [2.24, 2.45) is 11.0 Å². The van der Waals surface area contributed by atoms with E-state index in [1.165, 1.54) is 12.1 Å². The maximum absolute atomic E-state index is 12.0. The number of carbonyl (C=O) groups is 2. The van der Waals surface area contributed by atoms with Crippen molar-refractivity contribution >= 4 is 23.2 Å². The van der Waals surface area contributed by atoms with Crippen molar-refractivity contribution in [3.63, 3.8) is 0 Å². The molecule has 25 heavy (non-hydrogen) atoms. The summed E-state index contributed by atoms with van der Waals surface area (Å²) in [6.07, 6.45) is 5.01. The molecule has 0 aliphatic heterocycles. The van der Waals surface area contributed by atoms with Crippen molar-refractivity contribution in [1.82, 2.24) is 10.7 Å². The highest BCUT2D eigenvalue weighted by Gasteiger charge is 2.21. The smallest absolute Gasteiger partial charge is 0.270 e. The lowest BCUT2D eigenvalue weighted by Crippen LogP contribution is -2.39. The molecule has 8 heteroatoms. The highest BCUT2D eigenvalue weighted by molar-refractivity contribution is 5.99. The number of nitrogens with zero attached hydrogens (tertiary/aromatic N) is 2. The Kier molecular flexibility index (Phi) is 6.62. The van der Waals surface area contributed by atoms with Crippen LogP contribution in [0.1, 0.15) is 44.6 Å². The molecule has 0 heterocycles. The van der Waals surface area contributed by atoms with E-state index in [4.69, 9.17) is 0 Å². The molecule has 0 unspecified atom stereocenters. The number of hydrogen-bond donors (Lipinski definition) is 2. The third-order valence-electron chi connectivity index (χ3n) is 4.22. The molecule has 8 nitrogen and oxygen atoms in total. The van der Waals surface area contributed by atoms with Crippen molar-refractivity contribution in [2.75, 3.05) is 6.54 Å². The monoisotopic (exact) mass is 346 g/mol. The van der Waals surface area contributed by atoms with E-state index >= 15 is 0 Å². The Morgan fingerprint density at radius 3 is 2.68 bits per heavy atom. The number of rotatable bonds is 6. The van der Waals surface area contributed by atoms with Crippen LogP contribution in [0.15, 0.2) is 29.4 Å². The average molecular weight is 346 g/mol. The lowest BCUT2D eigenvalue weighted by atomic mass is 9.89. The lowest BCUT2D eigenvalue weighted by molar-refractivity contribution is -0.384. The van der Waals surface area contributed by atoms with E-state index in [1.54, 1.807) is 19.1 Å². The Balaban J connectivity index is 1.83. The fraction of sp³-hybridized carbons (Fsp3) is 0.471. The van der Waals surface area contributed by atoms with Gasteiger partial charge in [-0.2, -0.15) is 5.10 Å². The number of nitro benzene ring substituents is 1. The summed E-state index contributed by atoms with van der Waals surface area (Å²) in [4.78, 5) is 34.1. The summed E-state index contributed by atoms with van der Waals surface area (Å²) < 4.78 is 0. The molecule has 0 radical (unpaired) electrons. The number of nitro groups is 1. The van der Waals surface area contributed by atoms with Gasteiger partial charge in [-0.15, -0.1) is 0 Å². The molecule has 1 saturated carbocycles. The second-order valence-corrected chi connectivity index (χ2v) is 6.09. The van der Waals surface area contributed by atoms with Gasteiger partial charge in [0, 0.05) is 23.6 Å². The predicted octanol–water partition coefficient (Wildman–Crippen LogP) is 2.13. The number of nitrogens with one attached hydrogen (secondary N) is 2. The molecule has 0 bridgehead atoms. The van der Waals surface area contributed by atoms with Gasteiger partial charge in [0.15, 0.2) is 0 Å². The third-order valence-corrected chi connectivity index (χ3v) is 4.22. The molecule has 1 aliphatic rings. The summed E-state index contributed by atoms with van der Waals surface area (Å²) in [5.74, 6) is -0.528. The number of hydrogen-bond acceptors (Lipinski definition) is 5. The molecule has 0 atom stereocenters. The van der Waals surface area contributed by atoms with Crippen LogP contribution in [0.3, 0.4) is 0 Å². The minimum Gasteiger partial charge on any atom is -0.347 e. The highest BCUT2D eigenvalue weighted by atomic mass is 16.6. The van der Waals surface area contributed by atoms with Crippen LogP contribution in [0.4, 0.5) is 5.69 Å².